The number of hydrogen-bond acceptors (Lipinski definition) is 15. The number of imidazole rings is 2. The Kier molecular flexibility index (Phi) is 5.62. The van der Waals surface area contributed by atoms with E-state index < -0.39 is 60.6 Å². The summed E-state index contributed by atoms with van der Waals surface area (Å²) in [7, 11) is 0. The zero-order chi connectivity index (χ0) is 28.6. The van der Waals surface area contributed by atoms with E-state index in [0.29, 0.717) is 0 Å². The molecule has 20 nitrogen and oxygen atoms in total. The van der Waals surface area contributed by atoms with Gasteiger partial charge in [-0.25, -0.2) is 14.6 Å². The van der Waals surface area contributed by atoms with Crippen molar-refractivity contribution in [2.24, 2.45) is 0 Å². The second-order valence-corrected chi connectivity index (χ2v) is 9.72. The Hall–Kier alpha value is -4.76. The molecule has 0 amide bonds. The Balaban J connectivity index is 1.16. The Labute approximate surface area is 226 Å². The van der Waals surface area contributed by atoms with Crippen molar-refractivity contribution in [3.05, 3.63) is 45.3 Å². The van der Waals surface area contributed by atoms with Crippen LogP contribution >= 0.6 is 0 Å². The number of anilines is 2. The lowest BCUT2D eigenvalue weighted by atomic mass is 10.1. The monoisotopic (exact) mass is 569 g/mol. The molecule has 0 spiro atoms. The van der Waals surface area contributed by atoms with E-state index in [9.17, 15) is 24.9 Å². The lowest BCUT2D eigenvalue weighted by molar-refractivity contribution is -0.0492. The van der Waals surface area contributed by atoms with Crippen LogP contribution in [0.25, 0.3) is 22.3 Å². The molecule has 41 heavy (non-hydrogen) atoms. The van der Waals surface area contributed by atoms with Crippen LogP contribution in [0.4, 0.5) is 11.9 Å². The average molecular weight is 569 g/mol. The molecule has 7 rings (SSSR count). The number of ether oxygens (including phenoxy) is 2. The number of aliphatic hydroxyl groups excluding tert-OH is 3. The maximum Gasteiger partial charge on any atom is 0.280 e. The van der Waals surface area contributed by atoms with Crippen LogP contribution in [-0.4, -0.2) is 94.3 Å². The molecular formula is C21H23N13O7. The van der Waals surface area contributed by atoms with Crippen LogP contribution in [0, 0.1) is 0 Å². The lowest BCUT2D eigenvalue weighted by Crippen LogP contribution is -2.31. The van der Waals surface area contributed by atoms with Crippen molar-refractivity contribution in [3.8, 4) is 0 Å². The molecule has 5 aromatic heterocycles. The molecule has 0 aromatic carbocycles. The molecular weight excluding hydrogens is 546 g/mol. The van der Waals surface area contributed by atoms with Crippen LogP contribution in [0.2, 0.25) is 0 Å². The van der Waals surface area contributed by atoms with Gasteiger partial charge in [-0.2, -0.15) is 9.97 Å². The van der Waals surface area contributed by atoms with Gasteiger partial charge in [0.2, 0.25) is 11.9 Å². The summed E-state index contributed by atoms with van der Waals surface area (Å²) in [5.74, 6) is -0.234. The molecule has 0 radical (unpaired) electrons. The van der Waals surface area contributed by atoms with Crippen LogP contribution in [0.15, 0.2) is 28.4 Å². The van der Waals surface area contributed by atoms with Crippen molar-refractivity contribution in [1.82, 2.24) is 54.0 Å². The summed E-state index contributed by atoms with van der Waals surface area (Å²) in [6, 6.07) is -0.922. The van der Waals surface area contributed by atoms with Crippen LogP contribution in [0.3, 0.4) is 0 Å². The number of fused-ring (bicyclic) bond motifs is 2. The molecule has 2 aliphatic rings. The van der Waals surface area contributed by atoms with Gasteiger partial charge in [-0.1, -0.05) is 5.21 Å². The number of aliphatic hydroxyl groups is 3. The third-order valence-corrected chi connectivity index (χ3v) is 7.22. The molecule has 0 saturated carbocycles. The third-order valence-electron chi connectivity index (χ3n) is 7.22. The van der Waals surface area contributed by atoms with Crippen molar-refractivity contribution in [2.45, 2.75) is 49.3 Å². The number of hydrogen-bond donors (Lipinski definition) is 7. The number of aromatic nitrogens is 11. The van der Waals surface area contributed by atoms with Gasteiger partial charge >= 0.3 is 0 Å². The topological polar surface area (TPSA) is 289 Å². The van der Waals surface area contributed by atoms with E-state index in [0.717, 1.165) is 0 Å². The fourth-order valence-electron chi connectivity index (χ4n) is 5.38. The number of nitrogens with zero attached hydrogens (tertiary/aromatic N) is 9. The van der Waals surface area contributed by atoms with Gasteiger partial charge in [-0.3, -0.25) is 28.7 Å². The minimum Gasteiger partial charge on any atom is -0.394 e. The zero-order valence-corrected chi connectivity index (χ0v) is 20.8. The van der Waals surface area contributed by atoms with Crippen molar-refractivity contribution in [3.63, 3.8) is 0 Å². The molecule has 2 fully saturated rings. The maximum absolute atomic E-state index is 12.2. The van der Waals surface area contributed by atoms with Gasteiger partial charge in [-0.05, 0) is 0 Å². The Morgan fingerprint density at radius 1 is 0.976 bits per heavy atom. The number of nitrogens with one attached hydrogen (secondary N) is 2. The average Bonchev–Trinajstić information content (AvgIpc) is 3.73. The standard InChI is InChI=1S/C21H23N13O7/c22-20-26-15-10(17(38)28-20)24-4-32(15)9-1-7(36)14(41-9)6-2-34(31-30-6)12-8(3-35)40-19(13(12)37)33-5-25-11-16(33)27-21(23)29-18(11)39/h2,4-5,7-9,12-14,19,35-37H,1,3H2,(H3,22,26,28,38)(H3,23,27,29,39)/t7-,8+,9+,12+,13+,14+,19+/m0/s1. The minimum atomic E-state index is -1.30. The number of nitrogen functional groups attached to an aromatic ring is 2. The normalized spacial score (nSPS) is 28.3. The van der Waals surface area contributed by atoms with Gasteiger partial charge in [0, 0.05) is 6.42 Å². The van der Waals surface area contributed by atoms with Crippen molar-refractivity contribution >= 4 is 34.2 Å². The Bertz CT molecular complexity index is 1890. The van der Waals surface area contributed by atoms with Crippen LogP contribution in [-0.2, 0) is 9.47 Å². The van der Waals surface area contributed by atoms with E-state index in [-0.39, 0.29) is 46.3 Å². The fraction of sp³-hybridized carbons (Fsp3) is 0.429. The summed E-state index contributed by atoms with van der Waals surface area (Å²) < 4.78 is 16.1. The van der Waals surface area contributed by atoms with E-state index in [4.69, 9.17) is 20.9 Å². The smallest absolute Gasteiger partial charge is 0.280 e. The molecule has 5 aromatic rings. The summed E-state index contributed by atoms with van der Waals surface area (Å²) in [5.41, 5.74) is 10.9. The van der Waals surface area contributed by atoms with Crippen LogP contribution in [0.1, 0.15) is 36.7 Å². The summed E-state index contributed by atoms with van der Waals surface area (Å²) >= 11 is 0. The number of aromatic amines is 2. The summed E-state index contributed by atoms with van der Waals surface area (Å²) in [5, 5.41) is 40.3. The highest BCUT2D eigenvalue weighted by Gasteiger charge is 2.47. The first kappa shape index (κ1) is 25.2. The van der Waals surface area contributed by atoms with Crippen molar-refractivity contribution in [1.29, 1.82) is 0 Å². The SMILES string of the molecule is Nc1nc2c(ncn2[C@@H]2O[C@H](CO)[C@@H](n3cc([C@H]4O[C@@H](n5cnc6c(=O)[nH]c(N)nc65)C[C@@H]4O)nn3)[C@H]2O)c(=O)[nH]1. The van der Waals surface area contributed by atoms with E-state index in [1.165, 1.54) is 32.7 Å². The summed E-state index contributed by atoms with van der Waals surface area (Å²) in [6.45, 7) is -0.482. The summed E-state index contributed by atoms with van der Waals surface area (Å²) in [6.07, 6.45) is -1.77. The van der Waals surface area contributed by atoms with Gasteiger partial charge in [-0.15, -0.1) is 5.10 Å². The van der Waals surface area contributed by atoms with E-state index >= 15 is 0 Å². The molecule has 20 heteroatoms. The first-order chi connectivity index (χ1) is 19.7. The highest BCUT2D eigenvalue weighted by molar-refractivity contribution is 5.71. The van der Waals surface area contributed by atoms with Gasteiger partial charge in [0.1, 0.15) is 36.3 Å². The highest BCUT2D eigenvalue weighted by Crippen LogP contribution is 2.41. The van der Waals surface area contributed by atoms with E-state index in [1.807, 2.05) is 0 Å². The predicted molar refractivity (Wildman–Crippen MR) is 135 cm³/mol. The minimum absolute atomic E-state index is 0.00266. The fourth-order valence-corrected chi connectivity index (χ4v) is 5.38. The van der Waals surface area contributed by atoms with E-state index in [2.05, 4.69) is 40.2 Å². The van der Waals surface area contributed by atoms with Gasteiger partial charge in [0.05, 0.1) is 31.6 Å². The number of H-pyrrole nitrogens is 2. The molecule has 0 bridgehead atoms. The predicted octanol–water partition coefficient (Wildman–Crippen LogP) is -3.18. The van der Waals surface area contributed by atoms with Gasteiger partial charge in [0.15, 0.2) is 28.6 Å². The highest BCUT2D eigenvalue weighted by atomic mass is 16.5. The lowest BCUT2D eigenvalue weighted by Gasteiger charge is -2.19. The quantitative estimate of drug-likeness (QED) is 0.110. The van der Waals surface area contributed by atoms with Gasteiger partial charge in [0.25, 0.3) is 11.1 Å². The Morgan fingerprint density at radius 3 is 2.27 bits per heavy atom. The molecule has 214 valence electrons. The second kappa shape index (κ2) is 9.14. The van der Waals surface area contributed by atoms with Gasteiger partial charge < -0.3 is 36.3 Å². The first-order valence-corrected chi connectivity index (χ1v) is 12.4. The molecule has 9 N–H and O–H groups in total. The number of nitrogens with two attached hydrogens (primary N) is 2. The second-order valence-electron chi connectivity index (χ2n) is 9.72. The third kappa shape index (κ3) is 3.88. The van der Waals surface area contributed by atoms with Crippen LogP contribution in [0.5, 0.6) is 0 Å². The van der Waals surface area contributed by atoms with Crippen LogP contribution < -0.4 is 22.6 Å². The Morgan fingerprint density at radius 2 is 1.61 bits per heavy atom. The van der Waals surface area contributed by atoms with E-state index in [1.54, 1.807) is 0 Å². The van der Waals surface area contributed by atoms with Crippen molar-refractivity contribution in [2.75, 3.05) is 18.1 Å². The molecule has 0 aliphatic carbocycles. The molecule has 0 unspecified atom stereocenters. The number of rotatable bonds is 5. The molecule has 2 saturated heterocycles. The molecule has 7 atom stereocenters. The molecule has 7 heterocycles. The largest absolute Gasteiger partial charge is 0.394 e. The zero-order valence-electron chi connectivity index (χ0n) is 20.8. The maximum atomic E-state index is 12.2. The summed E-state index contributed by atoms with van der Waals surface area (Å²) in [4.78, 5) is 45.4. The first-order valence-electron chi connectivity index (χ1n) is 12.4. The molecule has 2 aliphatic heterocycles. The van der Waals surface area contributed by atoms with Crippen molar-refractivity contribution < 1.29 is 24.8 Å².